The Balaban J connectivity index is 1.62. The topological polar surface area (TPSA) is 39.5 Å². The van der Waals surface area contributed by atoms with Crippen LogP contribution in [0.1, 0.15) is 11.1 Å². The predicted molar refractivity (Wildman–Crippen MR) is 91.6 cm³/mol. The third-order valence-corrected chi connectivity index (χ3v) is 4.38. The minimum absolute atomic E-state index is 0.140. The number of nitrogens with zero attached hydrogens (tertiary/aromatic N) is 3. The van der Waals surface area contributed by atoms with E-state index in [9.17, 15) is 9.65 Å². The minimum atomic E-state index is -0.448. The van der Waals surface area contributed by atoms with E-state index in [1.807, 2.05) is 24.3 Å². The molecule has 1 aliphatic rings. The molecule has 0 atom stereocenters. The molecule has 24 heavy (non-hydrogen) atoms. The molecular weight excluding hydrogens is 305 g/mol. The van der Waals surface area contributed by atoms with Gasteiger partial charge in [0.2, 0.25) is 0 Å². The fraction of sp³-hybridized carbons (Fsp3) is 0.316. The largest absolute Gasteiger partial charge is 0.497 e. The molecule has 0 aromatic heterocycles. The van der Waals surface area contributed by atoms with E-state index < -0.39 is 5.82 Å². The lowest BCUT2D eigenvalue weighted by Crippen LogP contribution is -2.46. The van der Waals surface area contributed by atoms with Crippen LogP contribution in [0.2, 0.25) is 0 Å². The van der Waals surface area contributed by atoms with E-state index in [2.05, 4.69) is 21.9 Å². The highest BCUT2D eigenvalue weighted by molar-refractivity contribution is 5.60. The zero-order valence-corrected chi connectivity index (χ0v) is 13.7. The molecule has 0 aliphatic carbocycles. The van der Waals surface area contributed by atoms with Gasteiger partial charge in [0.25, 0.3) is 0 Å². The molecule has 0 unspecified atom stereocenters. The zero-order valence-electron chi connectivity index (χ0n) is 13.7. The molecule has 124 valence electrons. The van der Waals surface area contributed by atoms with Crippen LogP contribution in [-0.4, -0.2) is 38.2 Å². The van der Waals surface area contributed by atoms with Crippen molar-refractivity contribution in [1.29, 1.82) is 5.26 Å². The molecule has 0 bridgehead atoms. The van der Waals surface area contributed by atoms with Gasteiger partial charge in [0.15, 0.2) is 0 Å². The van der Waals surface area contributed by atoms with Gasteiger partial charge in [0, 0.05) is 32.7 Å². The van der Waals surface area contributed by atoms with Crippen LogP contribution in [0, 0.1) is 17.1 Å². The zero-order chi connectivity index (χ0) is 16.9. The molecule has 1 fully saturated rings. The summed E-state index contributed by atoms with van der Waals surface area (Å²) in [4.78, 5) is 4.45. The highest BCUT2D eigenvalue weighted by atomic mass is 19.1. The lowest BCUT2D eigenvalue weighted by Gasteiger charge is -2.36. The summed E-state index contributed by atoms with van der Waals surface area (Å²) in [6.07, 6.45) is 0. The van der Waals surface area contributed by atoms with Crippen molar-refractivity contribution in [2.75, 3.05) is 38.2 Å². The van der Waals surface area contributed by atoms with Crippen molar-refractivity contribution in [1.82, 2.24) is 4.90 Å². The molecule has 3 rings (SSSR count). The van der Waals surface area contributed by atoms with Crippen LogP contribution >= 0.6 is 0 Å². The lowest BCUT2D eigenvalue weighted by atomic mass is 10.1. The smallest absolute Gasteiger partial charge is 0.143 e. The Kier molecular flexibility index (Phi) is 4.97. The van der Waals surface area contributed by atoms with Gasteiger partial charge in [-0.25, -0.2) is 4.39 Å². The molecule has 1 heterocycles. The van der Waals surface area contributed by atoms with Gasteiger partial charge in [-0.05, 0) is 29.8 Å². The number of halogens is 1. The summed E-state index contributed by atoms with van der Waals surface area (Å²) in [5.74, 6) is 0.411. The molecule has 0 saturated carbocycles. The Morgan fingerprint density at radius 2 is 1.79 bits per heavy atom. The first-order valence-corrected chi connectivity index (χ1v) is 8.00. The van der Waals surface area contributed by atoms with E-state index in [0.29, 0.717) is 5.69 Å². The number of nitriles is 1. The average Bonchev–Trinajstić information content (AvgIpc) is 2.63. The fourth-order valence-electron chi connectivity index (χ4n) is 3.02. The summed E-state index contributed by atoms with van der Waals surface area (Å²) >= 11 is 0. The molecular formula is C19H20FN3O. The molecule has 2 aromatic rings. The summed E-state index contributed by atoms with van der Waals surface area (Å²) in [7, 11) is 1.66. The number of piperazine rings is 1. The van der Waals surface area contributed by atoms with Crippen LogP contribution in [-0.2, 0) is 6.54 Å². The third kappa shape index (κ3) is 3.50. The summed E-state index contributed by atoms with van der Waals surface area (Å²) in [5.41, 5.74) is 2.08. The number of rotatable bonds is 4. The minimum Gasteiger partial charge on any atom is -0.497 e. The quantitative estimate of drug-likeness (QED) is 0.866. The average molecular weight is 325 g/mol. The summed E-state index contributed by atoms with van der Waals surface area (Å²) in [6, 6.07) is 14.9. The Hall–Kier alpha value is -2.58. The first-order valence-electron chi connectivity index (χ1n) is 8.00. The van der Waals surface area contributed by atoms with E-state index >= 15 is 0 Å². The van der Waals surface area contributed by atoms with Crippen molar-refractivity contribution in [2.24, 2.45) is 0 Å². The normalized spacial score (nSPS) is 15.1. The molecule has 4 nitrogen and oxygen atoms in total. The number of hydrogen-bond donors (Lipinski definition) is 0. The Labute approximate surface area is 141 Å². The van der Waals surface area contributed by atoms with Crippen molar-refractivity contribution >= 4 is 5.69 Å². The van der Waals surface area contributed by atoms with E-state index in [1.54, 1.807) is 13.2 Å². The number of benzene rings is 2. The van der Waals surface area contributed by atoms with Gasteiger partial charge in [-0.3, -0.25) is 4.90 Å². The van der Waals surface area contributed by atoms with Crippen molar-refractivity contribution in [3.63, 3.8) is 0 Å². The van der Waals surface area contributed by atoms with Crippen LogP contribution in [0.15, 0.2) is 42.5 Å². The number of ether oxygens (including phenoxy) is 1. The van der Waals surface area contributed by atoms with E-state index in [4.69, 9.17) is 4.74 Å². The van der Waals surface area contributed by atoms with Crippen molar-refractivity contribution < 1.29 is 9.13 Å². The van der Waals surface area contributed by atoms with Crippen molar-refractivity contribution in [2.45, 2.75) is 6.54 Å². The molecule has 2 aromatic carbocycles. The second-order valence-electron chi connectivity index (χ2n) is 5.86. The molecule has 0 radical (unpaired) electrons. The standard InChI is InChI=1S/C19H20FN3O/c1-24-16-7-5-15(6-8-16)14-22-9-11-23(12-10-22)19-4-2-3-18(20)17(19)13-21/h2-8H,9-12,14H2,1H3. The highest BCUT2D eigenvalue weighted by Gasteiger charge is 2.20. The second-order valence-corrected chi connectivity index (χ2v) is 5.86. The first kappa shape index (κ1) is 16.3. The Morgan fingerprint density at radius 3 is 2.42 bits per heavy atom. The van der Waals surface area contributed by atoms with Gasteiger partial charge >= 0.3 is 0 Å². The summed E-state index contributed by atoms with van der Waals surface area (Å²) in [5, 5.41) is 9.18. The van der Waals surface area contributed by atoms with Crippen LogP contribution < -0.4 is 9.64 Å². The van der Waals surface area contributed by atoms with Crippen molar-refractivity contribution in [3.8, 4) is 11.8 Å². The number of hydrogen-bond acceptors (Lipinski definition) is 4. The highest BCUT2D eigenvalue weighted by Crippen LogP contribution is 2.24. The van der Waals surface area contributed by atoms with E-state index in [1.165, 1.54) is 11.6 Å². The van der Waals surface area contributed by atoms with E-state index in [-0.39, 0.29) is 5.56 Å². The van der Waals surface area contributed by atoms with Crippen LogP contribution in [0.4, 0.5) is 10.1 Å². The van der Waals surface area contributed by atoms with E-state index in [0.717, 1.165) is 38.5 Å². The summed E-state index contributed by atoms with van der Waals surface area (Å²) in [6.45, 7) is 4.22. The van der Waals surface area contributed by atoms with Crippen LogP contribution in [0.5, 0.6) is 5.75 Å². The number of anilines is 1. The molecule has 1 saturated heterocycles. The van der Waals surface area contributed by atoms with Crippen molar-refractivity contribution in [3.05, 3.63) is 59.4 Å². The maximum absolute atomic E-state index is 13.8. The Bertz CT molecular complexity index is 731. The molecule has 1 aliphatic heterocycles. The van der Waals surface area contributed by atoms with Gasteiger partial charge in [0.05, 0.1) is 12.8 Å². The first-order chi connectivity index (χ1) is 11.7. The SMILES string of the molecule is COc1ccc(CN2CCN(c3cccc(F)c3C#N)CC2)cc1. The lowest BCUT2D eigenvalue weighted by molar-refractivity contribution is 0.249. The summed E-state index contributed by atoms with van der Waals surface area (Å²) < 4.78 is 18.9. The van der Waals surface area contributed by atoms with Crippen LogP contribution in [0.25, 0.3) is 0 Å². The third-order valence-electron chi connectivity index (χ3n) is 4.38. The number of methoxy groups -OCH3 is 1. The van der Waals surface area contributed by atoms with Gasteiger partial charge in [0.1, 0.15) is 23.2 Å². The van der Waals surface area contributed by atoms with Gasteiger partial charge in [-0.2, -0.15) is 5.26 Å². The Morgan fingerprint density at radius 1 is 1.08 bits per heavy atom. The molecule has 0 amide bonds. The fourth-order valence-corrected chi connectivity index (χ4v) is 3.02. The van der Waals surface area contributed by atoms with Crippen LogP contribution in [0.3, 0.4) is 0 Å². The molecule has 5 heteroatoms. The molecule has 0 N–H and O–H groups in total. The maximum Gasteiger partial charge on any atom is 0.143 e. The van der Waals surface area contributed by atoms with Gasteiger partial charge in [-0.15, -0.1) is 0 Å². The second kappa shape index (κ2) is 7.33. The predicted octanol–water partition coefficient (Wildman–Crippen LogP) is 3.03. The monoisotopic (exact) mass is 325 g/mol. The van der Waals surface area contributed by atoms with Gasteiger partial charge in [-0.1, -0.05) is 18.2 Å². The molecule has 0 spiro atoms. The maximum atomic E-state index is 13.8. The van der Waals surface area contributed by atoms with Gasteiger partial charge < -0.3 is 9.64 Å².